The van der Waals surface area contributed by atoms with E-state index in [1.807, 2.05) is 24.3 Å². The fourth-order valence-corrected chi connectivity index (χ4v) is 4.77. The molecule has 0 fully saturated rings. The summed E-state index contributed by atoms with van der Waals surface area (Å²) in [6, 6.07) is 20.8. The van der Waals surface area contributed by atoms with Crippen LogP contribution in [0, 0.1) is 5.82 Å². The molecule has 0 saturated carbocycles. The van der Waals surface area contributed by atoms with Crippen LogP contribution in [-0.4, -0.2) is 18.5 Å². The number of carbonyl (C=O) groups is 2. The summed E-state index contributed by atoms with van der Waals surface area (Å²) in [5, 5.41) is 2.85. The van der Waals surface area contributed by atoms with Gasteiger partial charge in [-0.1, -0.05) is 66.7 Å². The average Bonchev–Trinajstić information content (AvgIpc) is 3.12. The van der Waals surface area contributed by atoms with Crippen molar-refractivity contribution in [2.75, 3.05) is 6.61 Å². The number of hydrogen-bond acceptors (Lipinski definition) is 3. The molecule has 3 aromatic carbocycles. The number of alkyl carbamates (subject to hydrolysis) is 1. The Bertz CT molecular complexity index is 1210. The lowest BCUT2D eigenvalue weighted by Crippen LogP contribution is -2.44. The largest absolute Gasteiger partial charge is 0.449 e. The summed E-state index contributed by atoms with van der Waals surface area (Å²) >= 11 is 0. The third-order valence-corrected chi connectivity index (χ3v) is 6.35. The summed E-state index contributed by atoms with van der Waals surface area (Å²) in [6.45, 7) is 7.15. The molecule has 5 heteroatoms. The molecule has 0 saturated heterocycles. The van der Waals surface area contributed by atoms with Gasteiger partial charge in [0.25, 0.3) is 0 Å². The van der Waals surface area contributed by atoms with Gasteiger partial charge in [0.2, 0.25) is 0 Å². The second-order valence-electron chi connectivity index (χ2n) is 8.97. The van der Waals surface area contributed by atoms with Crippen LogP contribution in [0.3, 0.4) is 0 Å². The van der Waals surface area contributed by atoms with E-state index in [9.17, 15) is 14.0 Å². The number of ketones is 1. The predicted molar refractivity (Wildman–Crippen MR) is 131 cm³/mol. The van der Waals surface area contributed by atoms with Gasteiger partial charge in [-0.2, -0.15) is 0 Å². The Kier molecular flexibility index (Phi) is 6.64. The SMILES string of the molecule is C=CC[C@](C)(NC(=O)OCC1c2ccccc2-c2ccccc21)c1cc(CC(C)=O)ccc1F. The highest BCUT2D eigenvalue weighted by molar-refractivity contribution is 5.79. The molecule has 4 rings (SSSR count). The Labute approximate surface area is 199 Å². The van der Waals surface area contributed by atoms with Crippen molar-refractivity contribution in [1.82, 2.24) is 5.32 Å². The van der Waals surface area contributed by atoms with E-state index in [-0.39, 0.29) is 31.1 Å². The highest BCUT2D eigenvalue weighted by atomic mass is 19.1. The van der Waals surface area contributed by atoms with Gasteiger partial charge >= 0.3 is 6.09 Å². The molecule has 0 unspecified atom stereocenters. The van der Waals surface area contributed by atoms with E-state index in [1.54, 1.807) is 25.1 Å². The zero-order valence-corrected chi connectivity index (χ0v) is 19.4. The predicted octanol–water partition coefficient (Wildman–Crippen LogP) is 6.29. The number of rotatable bonds is 8. The maximum absolute atomic E-state index is 14.8. The highest BCUT2D eigenvalue weighted by Crippen LogP contribution is 2.44. The van der Waals surface area contributed by atoms with E-state index in [2.05, 4.69) is 36.2 Å². The van der Waals surface area contributed by atoms with Crippen molar-refractivity contribution in [2.24, 2.45) is 0 Å². The zero-order chi connectivity index (χ0) is 24.3. The van der Waals surface area contributed by atoms with E-state index in [4.69, 9.17) is 4.74 Å². The maximum atomic E-state index is 14.8. The second-order valence-corrected chi connectivity index (χ2v) is 8.97. The van der Waals surface area contributed by atoms with Crippen molar-refractivity contribution in [2.45, 2.75) is 38.1 Å². The van der Waals surface area contributed by atoms with Gasteiger partial charge in [0.15, 0.2) is 0 Å². The molecule has 0 radical (unpaired) electrons. The van der Waals surface area contributed by atoms with Gasteiger partial charge < -0.3 is 10.1 Å². The van der Waals surface area contributed by atoms with Gasteiger partial charge in [-0.05, 0) is 54.2 Å². The lowest BCUT2D eigenvalue weighted by Gasteiger charge is -2.31. The smallest absolute Gasteiger partial charge is 0.407 e. The Hall–Kier alpha value is -3.73. The van der Waals surface area contributed by atoms with Crippen molar-refractivity contribution >= 4 is 11.9 Å². The molecule has 0 spiro atoms. The number of ether oxygens (including phenoxy) is 1. The van der Waals surface area contributed by atoms with Crippen molar-refractivity contribution in [3.63, 3.8) is 0 Å². The number of Topliss-reactive ketones (excluding diaryl/α,β-unsaturated/α-hetero) is 1. The van der Waals surface area contributed by atoms with Crippen molar-refractivity contribution in [1.29, 1.82) is 0 Å². The van der Waals surface area contributed by atoms with Crippen LogP contribution in [0.4, 0.5) is 9.18 Å². The lowest BCUT2D eigenvalue weighted by atomic mass is 9.86. The minimum atomic E-state index is -1.08. The van der Waals surface area contributed by atoms with Crippen LogP contribution in [0.1, 0.15) is 48.4 Å². The standard InChI is InChI=1S/C29H28FNO3/c1-4-15-29(3,26-17-20(16-19(2)32)13-14-27(26)30)31-28(33)34-18-25-23-11-7-5-9-21(23)22-10-6-8-12-24(22)25/h4-14,17,25H,1,15-16,18H2,2-3H3,(H,31,33)/t29-/m0/s1. The first kappa shape index (κ1) is 23.4. The molecular formula is C29H28FNO3. The number of halogens is 1. The van der Waals surface area contributed by atoms with Gasteiger partial charge in [-0.25, -0.2) is 9.18 Å². The topological polar surface area (TPSA) is 55.4 Å². The molecule has 0 aliphatic heterocycles. The molecule has 1 N–H and O–H groups in total. The fraction of sp³-hybridized carbons (Fsp3) is 0.241. The maximum Gasteiger partial charge on any atom is 0.407 e. The van der Waals surface area contributed by atoms with Gasteiger partial charge in [0.1, 0.15) is 18.2 Å². The first-order chi connectivity index (χ1) is 16.3. The van der Waals surface area contributed by atoms with Gasteiger partial charge in [-0.3, -0.25) is 4.79 Å². The second kappa shape index (κ2) is 9.64. The van der Waals surface area contributed by atoms with Crippen LogP contribution in [-0.2, 0) is 21.5 Å². The summed E-state index contributed by atoms with van der Waals surface area (Å²) in [5.74, 6) is -0.553. The number of hydrogen-bond donors (Lipinski definition) is 1. The summed E-state index contributed by atoms with van der Waals surface area (Å²) in [5.41, 5.74) is 4.43. The fourth-order valence-electron chi connectivity index (χ4n) is 4.77. The molecule has 0 bridgehead atoms. The monoisotopic (exact) mass is 457 g/mol. The Balaban J connectivity index is 1.54. The number of fused-ring (bicyclic) bond motifs is 3. The van der Waals surface area contributed by atoms with Gasteiger partial charge in [-0.15, -0.1) is 6.58 Å². The number of carbonyl (C=O) groups excluding carboxylic acids is 2. The number of benzene rings is 3. The van der Waals surface area contributed by atoms with Crippen molar-refractivity contribution in [3.8, 4) is 11.1 Å². The lowest BCUT2D eigenvalue weighted by molar-refractivity contribution is -0.116. The van der Waals surface area contributed by atoms with E-state index in [0.717, 1.165) is 22.3 Å². The van der Waals surface area contributed by atoms with Crippen molar-refractivity contribution in [3.05, 3.63) is 107 Å². The molecule has 1 aliphatic rings. The number of amides is 1. The highest BCUT2D eigenvalue weighted by Gasteiger charge is 2.33. The summed E-state index contributed by atoms with van der Waals surface area (Å²) in [6.07, 6.45) is 1.48. The Morgan fingerprint density at radius 3 is 2.26 bits per heavy atom. The Morgan fingerprint density at radius 1 is 1.06 bits per heavy atom. The van der Waals surface area contributed by atoms with Crippen molar-refractivity contribution < 1.29 is 18.7 Å². The van der Waals surface area contributed by atoms with E-state index in [0.29, 0.717) is 11.1 Å². The van der Waals surface area contributed by atoms with E-state index < -0.39 is 17.4 Å². The molecule has 3 aromatic rings. The summed E-state index contributed by atoms with van der Waals surface area (Å²) < 4.78 is 20.5. The molecular weight excluding hydrogens is 429 g/mol. The number of nitrogens with one attached hydrogen (secondary N) is 1. The minimum absolute atomic E-state index is 0.0209. The molecule has 34 heavy (non-hydrogen) atoms. The Morgan fingerprint density at radius 2 is 1.68 bits per heavy atom. The van der Waals surface area contributed by atoms with Gasteiger partial charge in [0.05, 0.1) is 5.54 Å². The molecule has 174 valence electrons. The molecule has 0 heterocycles. The molecule has 4 nitrogen and oxygen atoms in total. The molecule has 0 aromatic heterocycles. The van der Waals surface area contributed by atoms with Crippen LogP contribution >= 0.6 is 0 Å². The molecule has 1 atom stereocenters. The third-order valence-electron chi connectivity index (χ3n) is 6.35. The van der Waals surface area contributed by atoms with Gasteiger partial charge in [0, 0.05) is 17.9 Å². The van der Waals surface area contributed by atoms with Crippen LogP contribution in [0.5, 0.6) is 0 Å². The quantitative estimate of drug-likeness (QED) is 0.405. The average molecular weight is 458 g/mol. The summed E-state index contributed by atoms with van der Waals surface area (Å²) in [4.78, 5) is 24.5. The van der Waals surface area contributed by atoms with E-state index in [1.165, 1.54) is 13.0 Å². The van der Waals surface area contributed by atoms with Crippen LogP contribution in [0.25, 0.3) is 11.1 Å². The summed E-state index contributed by atoms with van der Waals surface area (Å²) in [7, 11) is 0. The van der Waals surface area contributed by atoms with E-state index >= 15 is 0 Å². The van der Waals surface area contributed by atoms with Crippen LogP contribution in [0.15, 0.2) is 79.4 Å². The normalized spacial score (nSPS) is 14.0. The third kappa shape index (κ3) is 4.65. The minimum Gasteiger partial charge on any atom is -0.449 e. The first-order valence-electron chi connectivity index (χ1n) is 11.3. The van der Waals surface area contributed by atoms with Crippen LogP contribution < -0.4 is 5.32 Å². The molecule has 1 amide bonds. The first-order valence-corrected chi connectivity index (χ1v) is 11.3. The van der Waals surface area contributed by atoms with Crippen LogP contribution in [0.2, 0.25) is 0 Å². The zero-order valence-electron chi connectivity index (χ0n) is 19.4. The molecule has 1 aliphatic carbocycles.